The molecule has 1 aromatic heterocycles. The highest BCUT2D eigenvalue weighted by molar-refractivity contribution is 9.11. The molecule has 1 unspecified atom stereocenters. The Bertz CT molecular complexity index is 338. The zero-order valence-electron chi connectivity index (χ0n) is 9.48. The zero-order valence-corrected chi connectivity index (χ0v) is 11.9. The van der Waals surface area contributed by atoms with Crippen molar-refractivity contribution in [3.63, 3.8) is 0 Å². The van der Waals surface area contributed by atoms with Crippen molar-refractivity contribution in [1.82, 2.24) is 5.32 Å². The molecule has 0 aliphatic carbocycles. The highest BCUT2D eigenvalue weighted by Crippen LogP contribution is 2.30. The predicted molar refractivity (Wildman–Crippen MR) is 68.3 cm³/mol. The van der Waals surface area contributed by atoms with Crippen molar-refractivity contribution in [2.45, 2.75) is 38.4 Å². The maximum atomic E-state index is 12.1. The van der Waals surface area contributed by atoms with E-state index >= 15 is 0 Å². The van der Waals surface area contributed by atoms with Crippen LogP contribution in [0.1, 0.15) is 37.8 Å². The van der Waals surface area contributed by atoms with Crippen molar-refractivity contribution in [3.8, 4) is 0 Å². The summed E-state index contributed by atoms with van der Waals surface area (Å²) in [5.74, 6) is 0. The van der Waals surface area contributed by atoms with Gasteiger partial charge in [-0.25, -0.2) is 0 Å². The Labute approximate surface area is 112 Å². The van der Waals surface area contributed by atoms with Crippen LogP contribution in [0.2, 0.25) is 0 Å². The standard InChI is InChI=1S/C11H15BrF3NS/c1-2-16-9(4-3-5-11(13,14)15)8-6-10(12)17-7-8/h6-7,9,16H,2-5H2,1H3. The van der Waals surface area contributed by atoms with E-state index in [0.717, 1.165) is 15.9 Å². The van der Waals surface area contributed by atoms with E-state index in [2.05, 4.69) is 21.2 Å². The SMILES string of the molecule is CCNC(CCCC(F)(F)F)c1csc(Br)c1. The molecule has 17 heavy (non-hydrogen) atoms. The molecule has 1 atom stereocenters. The predicted octanol–water partition coefficient (Wildman–Crippen LogP) is 4.89. The van der Waals surface area contributed by atoms with E-state index in [4.69, 9.17) is 0 Å². The maximum absolute atomic E-state index is 12.1. The summed E-state index contributed by atoms with van der Waals surface area (Å²) in [6.07, 6.45) is -4.09. The lowest BCUT2D eigenvalue weighted by Crippen LogP contribution is -2.21. The Morgan fingerprint density at radius 1 is 1.47 bits per heavy atom. The van der Waals surface area contributed by atoms with Crippen LogP contribution in [0.15, 0.2) is 15.2 Å². The van der Waals surface area contributed by atoms with Crippen molar-refractivity contribution in [2.75, 3.05) is 6.54 Å². The van der Waals surface area contributed by atoms with Crippen LogP contribution < -0.4 is 5.32 Å². The Kier molecular flexibility index (Phi) is 5.95. The summed E-state index contributed by atoms with van der Waals surface area (Å²) in [4.78, 5) is 0. The molecule has 0 saturated carbocycles. The van der Waals surface area contributed by atoms with E-state index < -0.39 is 12.6 Å². The molecule has 0 aliphatic heterocycles. The topological polar surface area (TPSA) is 12.0 Å². The smallest absolute Gasteiger partial charge is 0.310 e. The van der Waals surface area contributed by atoms with Gasteiger partial charge in [0.25, 0.3) is 0 Å². The number of halogens is 4. The monoisotopic (exact) mass is 329 g/mol. The molecule has 0 spiro atoms. The molecule has 98 valence electrons. The third-order valence-corrected chi connectivity index (χ3v) is 3.92. The van der Waals surface area contributed by atoms with Crippen molar-refractivity contribution >= 4 is 27.3 Å². The molecule has 0 saturated heterocycles. The van der Waals surface area contributed by atoms with Gasteiger partial charge < -0.3 is 5.32 Å². The maximum Gasteiger partial charge on any atom is 0.389 e. The minimum atomic E-state index is -4.05. The summed E-state index contributed by atoms with van der Waals surface area (Å²) in [5.41, 5.74) is 1.06. The molecule has 1 N–H and O–H groups in total. The van der Waals surface area contributed by atoms with E-state index in [1.54, 1.807) is 11.3 Å². The number of thiophene rings is 1. The van der Waals surface area contributed by atoms with E-state index in [0.29, 0.717) is 6.42 Å². The second-order valence-electron chi connectivity index (χ2n) is 3.80. The highest BCUT2D eigenvalue weighted by Gasteiger charge is 2.26. The Morgan fingerprint density at radius 3 is 2.65 bits per heavy atom. The summed E-state index contributed by atoms with van der Waals surface area (Å²) >= 11 is 4.91. The molecule has 0 fully saturated rings. The van der Waals surface area contributed by atoms with Crippen molar-refractivity contribution in [2.24, 2.45) is 0 Å². The second-order valence-corrected chi connectivity index (χ2v) is 6.09. The lowest BCUT2D eigenvalue weighted by molar-refractivity contribution is -0.135. The summed E-state index contributed by atoms with van der Waals surface area (Å²) in [6, 6.07) is 1.98. The van der Waals surface area contributed by atoms with Crippen LogP contribution >= 0.6 is 27.3 Å². The number of nitrogens with one attached hydrogen (secondary N) is 1. The minimum Gasteiger partial charge on any atom is -0.310 e. The van der Waals surface area contributed by atoms with E-state index in [1.807, 2.05) is 18.4 Å². The van der Waals surface area contributed by atoms with Gasteiger partial charge in [-0.15, -0.1) is 11.3 Å². The van der Waals surface area contributed by atoms with Crippen LogP contribution in [-0.4, -0.2) is 12.7 Å². The summed E-state index contributed by atoms with van der Waals surface area (Å²) in [6.45, 7) is 2.71. The normalized spacial score (nSPS) is 13.9. The van der Waals surface area contributed by atoms with E-state index in [1.165, 1.54) is 0 Å². The first-order chi connectivity index (χ1) is 7.92. The molecule has 0 amide bonds. The average molecular weight is 330 g/mol. The molecule has 0 radical (unpaired) electrons. The van der Waals surface area contributed by atoms with Gasteiger partial charge in [0.15, 0.2) is 0 Å². The van der Waals surface area contributed by atoms with Gasteiger partial charge in [-0.2, -0.15) is 13.2 Å². The third kappa shape index (κ3) is 5.88. The van der Waals surface area contributed by atoms with Crippen molar-refractivity contribution < 1.29 is 13.2 Å². The Hall–Kier alpha value is -0.0700. The molecule has 6 heteroatoms. The van der Waals surface area contributed by atoms with Gasteiger partial charge in [-0.3, -0.25) is 0 Å². The minimum absolute atomic E-state index is 0.0184. The first kappa shape index (κ1) is 15.0. The molecule has 1 aromatic rings. The quantitative estimate of drug-likeness (QED) is 0.783. The van der Waals surface area contributed by atoms with E-state index in [9.17, 15) is 13.2 Å². The van der Waals surface area contributed by atoms with Crippen molar-refractivity contribution in [1.29, 1.82) is 0 Å². The van der Waals surface area contributed by atoms with Crippen molar-refractivity contribution in [3.05, 3.63) is 20.8 Å². The molecular weight excluding hydrogens is 315 g/mol. The average Bonchev–Trinajstić information content (AvgIpc) is 2.62. The Morgan fingerprint density at radius 2 is 2.18 bits per heavy atom. The first-order valence-corrected chi connectivity index (χ1v) is 7.13. The first-order valence-electron chi connectivity index (χ1n) is 5.46. The number of hydrogen-bond acceptors (Lipinski definition) is 2. The van der Waals surface area contributed by atoms with Gasteiger partial charge in [0, 0.05) is 12.5 Å². The van der Waals surface area contributed by atoms with Gasteiger partial charge in [0.1, 0.15) is 0 Å². The largest absolute Gasteiger partial charge is 0.389 e. The van der Waals surface area contributed by atoms with Crippen LogP contribution in [0.4, 0.5) is 13.2 Å². The zero-order chi connectivity index (χ0) is 12.9. The molecule has 1 heterocycles. The molecule has 1 rings (SSSR count). The summed E-state index contributed by atoms with van der Waals surface area (Å²) < 4.78 is 37.2. The van der Waals surface area contributed by atoms with Gasteiger partial charge >= 0.3 is 6.18 Å². The van der Waals surface area contributed by atoms with Crippen LogP contribution in [-0.2, 0) is 0 Å². The highest BCUT2D eigenvalue weighted by atomic mass is 79.9. The van der Waals surface area contributed by atoms with Crippen LogP contribution in [0, 0.1) is 0 Å². The molecule has 0 aliphatic rings. The fourth-order valence-electron chi connectivity index (χ4n) is 1.65. The summed E-state index contributed by atoms with van der Waals surface area (Å²) in [7, 11) is 0. The van der Waals surface area contributed by atoms with Crippen LogP contribution in [0.25, 0.3) is 0 Å². The molecule has 1 nitrogen and oxygen atoms in total. The lowest BCUT2D eigenvalue weighted by atomic mass is 10.0. The lowest BCUT2D eigenvalue weighted by Gasteiger charge is -2.17. The van der Waals surface area contributed by atoms with Gasteiger partial charge in [0.05, 0.1) is 3.79 Å². The second kappa shape index (κ2) is 6.75. The number of alkyl halides is 3. The fourth-order valence-corrected chi connectivity index (χ4v) is 2.88. The number of rotatable bonds is 6. The third-order valence-electron chi connectivity index (χ3n) is 2.39. The van der Waals surface area contributed by atoms with E-state index in [-0.39, 0.29) is 12.5 Å². The fraction of sp³-hybridized carbons (Fsp3) is 0.636. The molecule has 0 bridgehead atoms. The van der Waals surface area contributed by atoms with Crippen LogP contribution in [0.3, 0.4) is 0 Å². The molecular formula is C11H15BrF3NS. The summed E-state index contributed by atoms with van der Waals surface area (Å²) in [5, 5.41) is 5.19. The molecule has 0 aromatic carbocycles. The van der Waals surface area contributed by atoms with Gasteiger partial charge in [-0.1, -0.05) is 6.92 Å². The number of hydrogen-bond donors (Lipinski definition) is 1. The van der Waals surface area contributed by atoms with Crippen LogP contribution in [0.5, 0.6) is 0 Å². The van der Waals surface area contributed by atoms with Gasteiger partial charge in [0.2, 0.25) is 0 Å². The van der Waals surface area contributed by atoms with Gasteiger partial charge in [-0.05, 0) is 52.3 Å². The Balaban J connectivity index is 2.49.